The van der Waals surface area contributed by atoms with E-state index in [0.29, 0.717) is 5.82 Å². The van der Waals surface area contributed by atoms with E-state index < -0.39 is 11.6 Å². The Morgan fingerprint density at radius 2 is 2.06 bits per heavy atom. The van der Waals surface area contributed by atoms with Gasteiger partial charge in [0, 0.05) is 11.6 Å². The molecule has 6 heteroatoms. The Hall–Kier alpha value is -2.42. The van der Waals surface area contributed by atoms with Crippen molar-refractivity contribution < 1.29 is 13.5 Å². The van der Waals surface area contributed by atoms with Gasteiger partial charge in [0.05, 0.1) is 12.8 Å². The van der Waals surface area contributed by atoms with E-state index in [1.54, 1.807) is 6.92 Å². The van der Waals surface area contributed by atoms with Crippen LogP contribution in [0.25, 0.3) is 11.3 Å². The molecular weight excluding hydrogens is 240 g/mol. The summed E-state index contributed by atoms with van der Waals surface area (Å²) < 4.78 is 32.0. The Bertz CT molecular complexity index is 644. The summed E-state index contributed by atoms with van der Waals surface area (Å²) in [7, 11) is 1.25. The Morgan fingerprint density at radius 3 is 2.67 bits per heavy atom. The number of aromatic amines is 1. The number of hydrogen-bond donors (Lipinski definition) is 1. The van der Waals surface area contributed by atoms with Gasteiger partial charge in [0.15, 0.2) is 17.3 Å². The molecule has 4 nitrogen and oxygen atoms in total. The first-order chi connectivity index (χ1) is 8.56. The summed E-state index contributed by atoms with van der Waals surface area (Å²) in [4.78, 5) is 6.62. The summed E-state index contributed by atoms with van der Waals surface area (Å²) in [6.45, 7) is 1.63. The number of nitriles is 1. The highest BCUT2D eigenvalue weighted by atomic mass is 19.1. The minimum atomic E-state index is -0.704. The largest absolute Gasteiger partial charge is 0.494 e. The lowest BCUT2D eigenvalue weighted by Gasteiger charge is -2.06. The summed E-state index contributed by atoms with van der Waals surface area (Å²) in [6.07, 6.45) is 0. The molecule has 1 aromatic heterocycles. The number of halogens is 2. The molecule has 0 radical (unpaired) electrons. The van der Waals surface area contributed by atoms with Gasteiger partial charge in [-0.3, -0.25) is 0 Å². The Morgan fingerprint density at radius 1 is 1.33 bits per heavy atom. The molecular formula is C12H9F2N3O. The third-order valence-electron chi connectivity index (χ3n) is 2.44. The number of rotatable bonds is 2. The smallest absolute Gasteiger partial charge is 0.166 e. The van der Waals surface area contributed by atoms with E-state index >= 15 is 0 Å². The molecule has 0 aliphatic carbocycles. The van der Waals surface area contributed by atoms with Crippen molar-refractivity contribution in [3.63, 3.8) is 0 Å². The fourth-order valence-electron chi connectivity index (χ4n) is 1.64. The molecule has 0 atom stereocenters. The Labute approximate surface area is 102 Å². The van der Waals surface area contributed by atoms with Gasteiger partial charge in [-0.2, -0.15) is 5.26 Å². The maximum Gasteiger partial charge on any atom is 0.166 e. The van der Waals surface area contributed by atoms with Crippen LogP contribution in [0, 0.1) is 29.9 Å². The molecule has 2 aromatic rings. The minimum absolute atomic E-state index is 0.0240. The second-order valence-electron chi connectivity index (χ2n) is 3.62. The second-order valence-corrected chi connectivity index (χ2v) is 3.62. The zero-order valence-electron chi connectivity index (χ0n) is 9.71. The number of nitrogens with one attached hydrogen (secondary N) is 1. The van der Waals surface area contributed by atoms with E-state index in [0.717, 1.165) is 12.1 Å². The van der Waals surface area contributed by atoms with Gasteiger partial charge < -0.3 is 9.72 Å². The second kappa shape index (κ2) is 4.45. The number of aryl methyl sites for hydroxylation is 1. The fraction of sp³-hybridized carbons (Fsp3) is 0.167. The van der Waals surface area contributed by atoms with Gasteiger partial charge in [-0.15, -0.1) is 0 Å². The summed E-state index contributed by atoms with van der Waals surface area (Å²) in [5, 5.41) is 8.88. The normalized spacial score (nSPS) is 10.2. The Kier molecular flexibility index (Phi) is 2.98. The molecule has 0 saturated carbocycles. The van der Waals surface area contributed by atoms with E-state index in [1.165, 1.54) is 7.11 Å². The summed E-state index contributed by atoms with van der Waals surface area (Å²) in [5.74, 6) is -1.12. The predicted molar refractivity (Wildman–Crippen MR) is 59.9 cm³/mol. The van der Waals surface area contributed by atoms with E-state index in [1.807, 2.05) is 6.07 Å². The van der Waals surface area contributed by atoms with Gasteiger partial charge in [-0.1, -0.05) is 0 Å². The number of hydrogen-bond acceptors (Lipinski definition) is 3. The van der Waals surface area contributed by atoms with Crippen molar-refractivity contribution in [2.45, 2.75) is 6.92 Å². The van der Waals surface area contributed by atoms with E-state index in [4.69, 9.17) is 5.26 Å². The molecule has 0 spiro atoms. The van der Waals surface area contributed by atoms with Crippen molar-refractivity contribution in [3.05, 3.63) is 35.3 Å². The molecule has 18 heavy (non-hydrogen) atoms. The molecule has 0 saturated heterocycles. The summed E-state index contributed by atoms with van der Waals surface area (Å²) in [5.41, 5.74) is 0.135. The quantitative estimate of drug-likeness (QED) is 0.889. The van der Waals surface area contributed by atoms with Crippen LogP contribution >= 0.6 is 0 Å². The number of benzene rings is 1. The number of H-pyrrole nitrogens is 1. The fourth-order valence-corrected chi connectivity index (χ4v) is 1.64. The van der Waals surface area contributed by atoms with Crippen molar-refractivity contribution in [3.8, 4) is 23.1 Å². The molecule has 0 unspecified atom stereocenters. The van der Waals surface area contributed by atoms with Crippen LogP contribution in [-0.4, -0.2) is 17.1 Å². The van der Waals surface area contributed by atoms with Crippen LogP contribution in [0.3, 0.4) is 0 Å². The standard InChI is InChI=1S/C12H9F2N3O/c1-6-16-10(5-15)12(17-6)7-3-9(14)11(18-2)4-8(7)13/h3-4H,1-2H3,(H,16,17). The van der Waals surface area contributed by atoms with Crippen LogP contribution in [0.1, 0.15) is 11.5 Å². The maximum atomic E-state index is 13.8. The molecule has 0 fully saturated rings. The summed E-state index contributed by atoms with van der Waals surface area (Å²) >= 11 is 0. The molecule has 0 bridgehead atoms. The number of ether oxygens (including phenoxy) is 1. The molecule has 1 heterocycles. The summed E-state index contributed by atoms with van der Waals surface area (Å²) in [6, 6.07) is 3.73. The molecule has 2 rings (SSSR count). The van der Waals surface area contributed by atoms with Crippen LogP contribution in [0.4, 0.5) is 8.78 Å². The number of aromatic nitrogens is 2. The van der Waals surface area contributed by atoms with Gasteiger partial charge >= 0.3 is 0 Å². The van der Waals surface area contributed by atoms with Crippen LogP contribution in [0.2, 0.25) is 0 Å². The van der Waals surface area contributed by atoms with E-state index in [-0.39, 0.29) is 22.7 Å². The van der Waals surface area contributed by atoms with Crippen molar-refractivity contribution in [1.82, 2.24) is 9.97 Å². The van der Waals surface area contributed by atoms with Gasteiger partial charge in [0.2, 0.25) is 0 Å². The average Bonchev–Trinajstić information content (AvgIpc) is 2.72. The van der Waals surface area contributed by atoms with Crippen LogP contribution in [-0.2, 0) is 0 Å². The third-order valence-corrected chi connectivity index (χ3v) is 2.44. The highest BCUT2D eigenvalue weighted by Crippen LogP contribution is 2.29. The molecule has 1 N–H and O–H groups in total. The topological polar surface area (TPSA) is 61.7 Å². The number of methoxy groups -OCH3 is 1. The van der Waals surface area contributed by atoms with Crippen molar-refractivity contribution in [2.24, 2.45) is 0 Å². The van der Waals surface area contributed by atoms with Crippen LogP contribution in [0.15, 0.2) is 12.1 Å². The SMILES string of the molecule is COc1cc(F)c(-c2[nH]c(C)nc2C#N)cc1F. The average molecular weight is 249 g/mol. The number of nitrogens with zero attached hydrogens (tertiary/aromatic N) is 2. The van der Waals surface area contributed by atoms with Gasteiger partial charge in [0.25, 0.3) is 0 Å². The third kappa shape index (κ3) is 1.91. The molecule has 0 aliphatic rings. The lowest BCUT2D eigenvalue weighted by atomic mass is 10.1. The van der Waals surface area contributed by atoms with Crippen molar-refractivity contribution in [2.75, 3.05) is 7.11 Å². The first kappa shape index (κ1) is 12.0. The maximum absolute atomic E-state index is 13.8. The Balaban J connectivity index is 2.65. The zero-order valence-corrected chi connectivity index (χ0v) is 9.71. The van der Waals surface area contributed by atoms with Crippen molar-refractivity contribution in [1.29, 1.82) is 5.26 Å². The van der Waals surface area contributed by atoms with Crippen molar-refractivity contribution >= 4 is 0 Å². The monoisotopic (exact) mass is 249 g/mol. The zero-order chi connectivity index (χ0) is 13.3. The molecule has 0 amide bonds. The van der Waals surface area contributed by atoms with Gasteiger partial charge in [-0.05, 0) is 13.0 Å². The lowest BCUT2D eigenvalue weighted by Crippen LogP contribution is -1.94. The van der Waals surface area contributed by atoms with Gasteiger partial charge in [-0.25, -0.2) is 13.8 Å². The minimum Gasteiger partial charge on any atom is -0.494 e. The van der Waals surface area contributed by atoms with Gasteiger partial charge in [0.1, 0.15) is 17.7 Å². The molecule has 1 aromatic carbocycles. The molecule has 0 aliphatic heterocycles. The van der Waals surface area contributed by atoms with Crippen LogP contribution in [0.5, 0.6) is 5.75 Å². The number of imidazole rings is 1. The lowest BCUT2D eigenvalue weighted by molar-refractivity contribution is 0.383. The molecule has 92 valence electrons. The van der Waals surface area contributed by atoms with E-state index in [9.17, 15) is 8.78 Å². The highest BCUT2D eigenvalue weighted by Gasteiger charge is 2.17. The van der Waals surface area contributed by atoms with Crippen LogP contribution < -0.4 is 4.74 Å². The highest BCUT2D eigenvalue weighted by molar-refractivity contribution is 5.66. The predicted octanol–water partition coefficient (Wildman–Crippen LogP) is 2.54. The first-order valence-corrected chi connectivity index (χ1v) is 5.07. The van der Waals surface area contributed by atoms with E-state index in [2.05, 4.69) is 14.7 Å². The first-order valence-electron chi connectivity index (χ1n) is 5.07.